The van der Waals surface area contributed by atoms with Crippen molar-refractivity contribution in [3.8, 4) is 0 Å². The number of aromatic amines is 1. The fourth-order valence-electron chi connectivity index (χ4n) is 3.88. The van der Waals surface area contributed by atoms with E-state index >= 15 is 0 Å². The average Bonchev–Trinajstić information content (AvgIpc) is 2.96. The maximum atomic E-state index is 13.2. The van der Waals surface area contributed by atoms with Crippen LogP contribution in [0.25, 0.3) is 10.9 Å². The van der Waals surface area contributed by atoms with Crippen molar-refractivity contribution in [2.24, 2.45) is 0 Å². The van der Waals surface area contributed by atoms with Crippen LogP contribution in [0.3, 0.4) is 0 Å². The highest BCUT2D eigenvalue weighted by atomic mass is 16.2. The van der Waals surface area contributed by atoms with Crippen LogP contribution in [0.2, 0.25) is 0 Å². The number of nitrogens with one attached hydrogen (secondary N) is 2. The van der Waals surface area contributed by atoms with Gasteiger partial charge in [0.15, 0.2) is 0 Å². The van der Waals surface area contributed by atoms with Crippen molar-refractivity contribution in [2.45, 2.75) is 32.7 Å². The molecule has 1 unspecified atom stereocenters. The monoisotopic (exact) mass is 347 g/mol. The van der Waals surface area contributed by atoms with Gasteiger partial charge in [-0.3, -0.25) is 4.79 Å². The number of nitrogens with zero attached hydrogens (tertiary/aromatic N) is 1. The molecule has 2 heterocycles. The van der Waals surface area contributed by atoms with Crippen LogP contribution in [0.1, 0.15) is 34.5 Å². The first-order chi connectivity index (χ1) is 12.6. The normalized spacial score (nSPS) is 17.5. The Balaban J connectivity index is 1.55. The van der Waals surface area contributed by atoms with E-state index in [1.807, 2.05) is 35.2 Å². The molecule has 0 saturated carbocycles. The lowest BCUT2D eigenvalue weighted by Crippen LogP contribution is -2.45. The molecule has 0 aliphatic carbocycles. The van der Waals surface area contributed by atoms with Gasteiger partial charge in [0.2, 0.25) is 0 Å². The summed E-state index contributed by atoms with van der Waals surface area (Å²) in [7, 11) is 0. The molecule has 1 aromatic heterocycles. The fraction of sp³-hybridized carbons (Fsp3) is 0.318. The summed E-state index contributed by atoms with van der Waals surface area (Å²) in [6, 6.07) is 16.5. The molecule has 26 heavy (non-hydrogen) atoms. The van der Waals surface area contributed by atoms with Gasteiger partial charge in [-0.05, 0) is 50.5 Å². The number of carbonyl (C=O) groups is 1. The minimum atomic E-state index is 0.122. The molecule has 2 N–H and O–H groups in total. The standard InChI is InChI=1S/C22H25N3O/c1-15-16(2)23-21-19(15)11-6-12-20(21)22(26)25-13-7-10-18(14-25)24-17-8-4-3-5-9-17/h3-6,8-9,11-12,18,23-24H,7,10,13-14H2,1-2H3. The third-order valence-electron chi connectivity index (χ3n) is 5.43. The Morgan fingerprint density at radius 3 is 2.73 bits per heavy atom. The molecule has 1 amide bonds. The molecule has 0 bridgehead atoms. The van der Waals surface area contributed by atoms with Gasteiger partial charge in [0, 0.05) is 35.9 Å². The number of hydrogen-bond acceptors (Lipinski definition) is 2. The molecule has 1 aliphatic heterocycles. The molecule has 4 nitrogen and oxygen atoms in total. The Bertz CT molecular complexity index is 929. The highest BCUT2D eigenvalue weighted by Crippen LogP contribution is 2.26. The van der Waals surface area contributed by atoms with E-state index in [1.165, 1.54) is 5.56 Å². The third kappa shape index (κ3) is 3.07. The fourth-order valence-corrected chi connectivity index (χ4v) is 3.88. The van der Waals surface area contributed by atoms with Gasteiger partial charge in [-0.25, -0.2) is 0 Å². The first kappa shape index (κ1) is 16.7. The molecule has 0 spiro atoms. The first-order valence-corrected chi connectivity index (χ1v) is 9.32. The number of carbonyl (C=O) groups excluding carboxylic acids is 1. The van der Waals surface area contributed by atoms with E-state index in [0.29, 0.717) is 6.04 Å². The predicted octanol–water partition coefficient (Wildman–Crippen LogP) is 4.50. The van der Waals surface area contributed by atoms with E-state index in [9.17, 15) is 4.79 Å². The first-order valence-electron chi connectivity index (χ1n) is 9.32. The zero-order valence-electron chi connectivity index (χ0n) is 15.4. The van der Waals surface area contributed by atoms with Crippen molar-refractivity contribution in [1.82, 2.24) is 9.88 Å². The maximum absolute atomic E-state index is 13.2. The predicted molar refractivity (Wildman–Crippen MR) is 107 cm³/mol. The summed E-state index contributed by atoms with van der Waals surface area (Å²) < 4.78 is 0. The Morgan fingerprint density at radius 1 is 1.12 bits per heavy atom. The van der Waals surface area contributed by atoms with E-state index in [2.05, 4.69) is 42.3 Å². The molecule has 1 saturated heterocycles. The van der Waals surface area contributed by atoms with Crippen molar-refractivity contribution in [3.63, 3.8) is 0 Å². The number of para-hydroxylation sites is 2. The number of amides is 1. The molecule has 2 aromatic carbocycles. The van der Waals surface area contributed by atoms with E-state index in [0.717, 1.165) is 53.8 Å². The Morgan fingerprint density at radius 2 is 1.92 bits per heavy atom. The average molecular weight is 347 g/mol. The van der Waals surface area contributed by atoms with Crippen LogP contribution in [-0.2, 0) is 0 Å². The molecule has 4 rings (SSSR count). The lowest BCUT2D eigenvalue weighted by Gasteiger charge is -2.34. The highest BCUT2D eigenvalue weighted by molar-refractivity contribution is 6.06. The molecule has 0 radical (unpaired) electrons. The molecular weight excluding hydrogens is 322 g/mol. The summed E-state index contributed by atoms with van der Waals surface area (Å²) in [6.45, 7) is 5.72. The summed E-state index contributed by atoms with van der Waals surface area (Å²) in [5, 5.41) is 4.71. The van der Waals surface area contributed by atoms with Gasteiger partial charge in [0.05, 0.1) is 11.1 Å². The summed E-state index contributed by atoms with van der Waals surface area (Å²) >= 11 is 0. The quantitative estimate of drug-likeness (QED) is 0.733. The number of H-pyrrole nitrogens is 1. The van der Waals surface area contributed by atoms with Gasteiger partial charge >= 0.3 is 0 Å². The van der Waals surface area contributed by atoms with Gasteiger partial charge in [-0.15, -0.1) is 0 Å². The van der Waals surface area contributed by atoms with E-state index in [4.69, 9.17) is 0 Å². The smallest absolute Gasteiger partial charge is 0.256 e. The van der Waals surface area contributed by atoms with Gasteiger partial charge in [0.25, 0.3) is 5.91 Å². The van der Waals surface area contributed by atoms with Gasteiger partial charge in [-0.2, -0.15) is 0 Å². The molecule has 4 heteroatoms. The highest BCUT2D eigenvalue weighted by Gasteiger charge is 2.26. The summed E-state index contributed by atoms with van der Waals surface area (Å²) in [5.41, 5.74) is 5.20. The number of fused-ring (bicyclic) bond motifs is 1. The van der Waals surface area contributed by atoms with Crippen LogP contribution in [0, 0.1) is 13.8 Å². The minimum Gasteiger partial charge on any atom is -0.381 e. The Labute approximate surface area is 154 Å². The second-order valence-electron chi connectivity index (χ2n) is 7.20. The van der Waals surface area contributed by atoms with Crippen LogP contribution < -0.4 is 5.32 Å². The molecule has 1 atom stereocenters. The van der Waals surface area contributed by atoms with Crippen molar-refractivity contribution in [2.75, 3.05) is 18.4 Å². The Kier molecular flexibility index (Phi) is 4.41. The third-order valence-corrected chi connectivity index (χ3v) is 5.43. The SMILES string of the molecule is Cc1[nH]c2c(C(=O)N3CCCC(Nc4ccccc4)C3)cccc2c1C. The molecule has 1 aliphatic rings. The lowest BCUT2D eigenvalue weighted by molar-refractivity contribution is 0.0716. The number of anilines is 1. The number of aryl methyl sites for hydroxylation is 2. The van der Waals surface area contributed by atoms with Crippen molar-refractivity contribution in [1.29, 1.82) is 0 Å². The molecule has 3 aromatic rings. The van der Waals surface area contributed by atoms with Crippen molar-refractivity contribution in [3.05, 3.63) is 65.4 Å². The van der Waals surface area contributed by atoms with Crippen LogP contribution in [0.5, 0.6) is 0 Å². The molecule has 1 fully saturated rings. The number of benzene rings is 2. The maximum Gasteiger partial charge on any atom is 0.256 e. The summed E-state index contributed by atoms with van der Waals surface area (Å²) in [6.07, 6.45) is 2.11. The number of piperidine rings is 1. The lowest BCUT2D eigenvalue weighted by atomic mass is 10.0. The second-order valence-corrected chi connectivity index (χ2v) is 7.20. The van der Waals surface area contributed by atoms with Crippen LogP contribution in [-0.4, -0.2) is 34.9 Å². The molecular formula is C22H25N3O. The van der Waals surface area contributed by atoms with Crippen molar-refractivity contribution >= 4 is 22.5 Å². The zero-order valence-corrected chi connectivity index (χ0v) is 15.4. The minimum absolute atomic E-state index is 0.122. The largest absolute Gasteiger partial charge is 0.381 e. The second kappa shape index (κ2) is 6.87. The number of hydrogen-bond donors (Lipinski definition) is 2. The number of aromatic nitrogens is 1. The van der Waals surface area contributed by atoms with E-state index in [-0.39, 0.29) is 5.91 Å². The molecule has 134 valence electrons. The van der Waals surface area contributed by atoms with Crippen molar-refractivity contribution < 1.29 is 4.79 Å². The van der Waals surface area contributed by atoms with Crippen LogP contribution >= 0.6 is 0 Å². The number of likely N-dealkylation sites (tertiary alicyclic amines) is 1. The van der Waals surface area contributed by atoms with Crippen LogP contribution in [0.4, 0.5) is 5.69 Å². The van der Waals surface area contributed by atoms with E-state index in [1.54, 1.807) is 0 Å². The van der Waals surface area contributed by atoms with Gasteiger partial charge in [-0.1, -0.05) is 30.3 Å². The summed E-state index contributed by atoms with van der Waals surface area (Å²) in [5.74, 6) is 0.122. The van der Waals surface area contributed by atoms with Gasteiger partial charge < -0.3 is 15.2 Å². The van der Waals surface area contributed by atoms with E-state index < -0.39 is 0 Å². The topological polar surface area (TPSA) is 48.1 Å². The summed E-state index contributed by atoms with van der Waals surface area (Å²) in [4.78, 5) is 18.6. The van der Waals surface area contributed by atoms with Crippen LogP contribution in [0.15, 0.2) is 48.5 Å². The number of rotatable bonds is 3. The Hall–Kier alpha value is -2.75. The zero-order chi connectivity index (χ0) is 18.1. The van der Waals surface area contributed by atoms with Gasteiger partial charge in [0.1, 0.15) is 0 Å².